The molecule has 4 nitrogen and oxygen atoms in total. The summed E-state index contributed by atoms with van der Waals surface area (Å²) in [7, 11) is 0. The quantitative estimate of drug-likeness (QED) is 0.844. The van der Waals surface area contributed by atoms with E-state index in [1.54, 1.807) is 12.1 Å². The number of carboxylic acids is 1. The third-order valence-corrected chi connectivity index (χ3v) is 3.08. The van der Waals surface area contributed by atoms with E-state index in [0.29, 0.717) is 16.1 Å². The van der Waals surface area contributed by atoms with E-state index in [-0.39, 0.29) is 17.9 Å². The van der Waals surface area contributed by atoms with Gasteiger partial charge in [0, 0.05) is 5.02 Å². The van der Waals surface area contributed by atoms with E-state index >= 15 is 0 Å². The second kappa shape index (κ2) is 7.63. The molecule has 0 saturated heterocycles. The Morgan fingerprint density at radius 2 is 1.91 bits per heavy atom. The maximum atomic E-state index is 13.8. The summed E-state index contributed by atoms with van der Waals surface area (Å²) in [4.78, 5) is 10.6. The molecule has 0 heterocycles. The number of aliphatic carboxylic acids is 1. The summed E-state index contributed by atoms with van der Waals surface area (Å²) in [5.74, 6) is 3.93. The van der Waals surface area contributed by atoms with Crippen LogP contribution in [0.4, 0.5) is 4.39 Å². The van der Waals surface area contributed by atoms with E-state index in [9.17, 15) is 9.18 Å². The Balaban J connectivity index is 2.33. The molecule has 6 heteroatoms. The van der Waals surface area contributed by atoms with Gasteiger partial charge in [0.1, 0.15) is 11.6 Å². The Labute approximate surface area is 137 Å². The summed E-state index contributed by atoms with van der Waals surface area (Å²) < 4.78 is 18.9. The highest BCUT2D eigenvalue weighted by molar-refractivity contribution is 6.30. The smallest absolute Gasteiger partial charge is 0.341 e. The fraction of sp³-hybridized carbons (Fsp3) is 0.118. The van der Waals surface area contributed by atoms with Gasteiger partial charge in [-0.05, 0) is 35.9 Å². The number of aliphatic hydroxyl groups is 1. The number of rotatable bonds is 4. The molecule has 2 N–H and O–H groups in total. The second-order valence-corrected chi connectivity index (χ2v) is 4.98. The predicted molar refractivity (Wildman–Crippen MR) is 82.9 cm³/mol. The van der Waals surface area contributed by atoms with Gasteiger partial charge in [-0.2, -0.15) is 0 Å². The van der Waals surface area contributed by atoms with Crippen molar-refractivity contribution in [3.8, 4) is 17.6 Å². The molecule has 0 aliphatic rings. The van der Waals surface area contributed by atoms with E-state index in [1.165, 1.54) is 24.3 Å². The van der Waals surface area contributed by atoms with Crippen LogP contribution in [0.3, 0.4) is 0 Å². The van der Waals surface area contributed by atoms with Crippen LogP contribution in [-0.2, 0) is 11.4 Å². The van der Waals surface area contributed by atoms with Crippen LogP contribution in [0.25, 0.3) is 0 Å². The lowest BCUT2D eigenvalue weighted by atomic mass is 10.1. The molecule has 0 unspecified atom stereocenters. The molecular formula is C17H12ClFO4. The lowest BCUT2D eigenvalue weighted by molar-refractivity contribution is -0.139. The number of ether oxygens (including phenoxy) is 1. The number of benzene rings is 2. The molecule has 0 aliphatic heterocycles. The molecule has 23 heavy (non-hydrogen) atoms. The van der Waals surface area contributed by atoms with E-state index in [2.05, 4.69) is 11.8 Å². The zero-order valence-corrected chi connectivity index (χ0v) is 12.6. The van der Waals surface area contributed by atoms with Crippen molar-refractivity contribution in [1.29, 1.82) is 0 Å². The van der Waals surface area contributed by atoms with Crippen LogP contribution in [0.2, 0.25) is 5.02 Å². The number of aliphatic hydroxyl groups excluding tert-OH is 1. The van der Waals surface area contributed by atoms with Crippen LogP contribution < -0.4 is 4.74 Å². The lowest BCUT2D eigenvalue weighted by Crippen LogP contribution is -2.10. The van der Waals surface area contributed by atoms with Crippen molar-refractivity contribution >= 4 is 17.6 Å². The molecular weight excluding hydrogens is 323 g/mol. The fourth-order valence-electron chi connectivity index (χ4n) is 1.76. The summed E-state index contributed by atoms with van der Waals surface area (Å²) in [6, 6.07) is 8.76. The Hall–Kier alpha value is -2.55. The molecule has 0 bridgehead atoms. The molecule has 0 aromatic heterocycles. The zero-order valence-electron chi connectivity index (χ0n) is 11.8. The predicted octanol–water partition coefficient (Wildman–Crippen LogP) is 2.83. The second-order valence-electron chi connectivity index (χ2n) is 4.55. The molecule has 0 saturated carbocycles. The molecule has 0 radical (unpaired) electrons. The van der Waals surface area contributed by atoms with Crippen molar-refractivity contribution < 1.29 is 24.1 Å². The minimum atomic E-state index is -1.12. The molecule has 2 aromatic rings. The Morgan fingerprint density at radius 1 is 1.17 bits per heavy atom. The van der Waals surface area contributed by atoms with Gasteiger partial charge in [-0.15, -0.1) is 0 Å². The lowest BCUT2D eigenvalue weighted by Gasteiger charge is -2.06. The van der Waals surface area contributed by atoms with E-state index in [4.69, 9.17) is 26.6 Å². The van der Waals surface area contributed by atoms with Gasteiger partial charge < -0.3 is 14.9 Å². The summed E-state index contributed by atoms with van der Waals surface area (Å²) in [5, 5.41) is 18.0. The van der Waals surface area contributed by atoms with Crippen molar-refractivity contribution in [3.63, 3.8) is 0 Å². The van der Waals surface area contributed by atoms with Crippen LogP contribution >= 0.6 is 11.6 Å². The minimum Gasteiger partial charge on any atom is -0.481 e. The maximum Gasteiger partial charge on any atom is 0.341 e. The van der Waals surface area contributed by atoms with Gasteiger partial charge in [0.2, 0.25) is 0 Å². The average Bonchev–Trinajstić information content (AvgIpc) is 2.52. The fourth-order valence-corrected chi connectivity index (χ4v) is 1.93. The van der Waals surface area contributed by atoms with Crippen molar-refractivity contribution in [2.24, 2.45) is 0 Å². The standard InChI is InChI=1S/C17H12ClFO4/c18-14-5-6-16(23-10-17(21)22)13(8-14)4-3-12-2-1-11(9-20)7-15(12)19/h1-2,5-8,20H,9-10H2,(H,21,22). The summed E-state index contributed by atoms with van der Waals surface area (Å²) >= 11 is 5.89. The molecule has 118 valence electrons. The van der Waals surface area contributed by atoms with Gasteiger partial charge in [-0.1, -0.05) is 29.5 Å². The number of carbonyl (C=O) groups is 1. The molecule has 0 aliphatic carbocycles. The normalized spacial score (nSPS) is 9.87. The van der Waals surface area contributed by atoms with Crippen LogP contribution in [0, 0.1) is 17.7 Å². The van der Waals surface area contributed by atoms with Gasteiger partial charge in [0.05, 0.1) is 17.7 Å². The summed E-state index contributed by atoms with van der Waals surface area (Å²) in [6.45, 7) is -0.776. The number of hydrogen-bond acceptors (Lipinski definition) is 3. The third-order valence-electron chi connectivity index (χ3n) is 2.84. The Bertz CT molecular complexity index is 793. The van der Waals surface area contributed by atoms with Gasteiger partial charge in [-0.3, -0.25) is 0 Å². The number of hydrogen-bond donors (Lipinski definition) is 2. The van der Waals surface area contributed by atoms with Gasteiger partial charge in [0.15, 0.2) is 6.61 Å². The van der Waals surface area contributed by atoms with Crippen molar-refractivity contribution in [1.82, 2.24) is 0 Å². The highest BCUT2D eigenvalue weighted by atomic mass is 35.5. The highest BCUT2D eigenvalue weighted by Crippen LogP contribution is 2.22. The van der Waals surface area contributed by atoms with E-state index in [0.717, 1.165) is 0 Å². The first-order valence-corrected chi connectivity index (χ1v) is 6.93. The molecule has 0 amide bonds. The van der Waals surface area contributed by atoms with Crippen LogP contribution in [0.15, 0.2) is 36.4 Å². The minimum absolute atomic E-state index is 0.145. The summed E-state index contributed by atoms with van der Waals surface area (Å²) in [5.41, 5.74) is 0.942. The molecule has 0 fully saturated rings. The maximum absolute atomic E-state index is 13.8. The van der Waals surface area contributed by atoms with Crippen molar-refractivity contribution in [2.45, 2.75) is 6.61 Å². The molecule has 0 atom stereocenters. The van der Waals surface area contributed by atoms with Gasteiger partial charge in [-0.25, -0.2) is 9.18 Å². The van der Waals surface area contributed by atoms with E-state index in [1.807, 2.05) is 0 Å². The largest absolute Gasteiger partial charge is 0.481 e. The van der Waals surface area contributed by atoms with Crippen molar-refractivity contribution in [2.75, 3.05) is 6.61 Å². The monoisotopic (exact) mass is 334 g/mol. The van der Waals surface area contributed by atoms with Gasteiger partial charge >= 0.3 is 5.97 Å². The number of carboxylic acid groups (broad SMARTS) is 1. The van der Waals surface area contributed by atoms with Gasteiger partial charge in [0.25, 0.3) is 0 Å². The van der Waals surface area contributed by atoms with Crippen LogP contribution in [-0.4, -0.2) is 22.8 Å². The Kier molecular flexibility index (Phi) is 5.58. The first-order chi connectivity index (χ1) is 11.0. The highest BCUT2D eigenvalue weighted by Gasteiger charge is 2.06. The first kappa shape index (κ1) is 16.8. The molecule has 2 rings (SSSR count). The Morgan fingerprint density at radius 3 is 2.57 bits per heavy atom. The molecule has 0 spiro atoms. The van der Waals surface area contributed by atoms with Crippen LogP contribution in [0.1, 0.15) is 16.7 Å². The van der Waals surface area contributed by atoms with E-state index < -0.39 is 18.4 Å². The van der Waals surface area contributed by atoms with Crippen LogP contribution in [0.5, 0.6) is 5.75 Å². The first-order valence-electron chi connectivity index (χ1n) is 6.55. The summed E-state index contributed by atoms with van der Waals surface area (Å²) in [6.07, 6.45) is 0. The topological polar surface area (TPSA) is 66.8 Å². The molecule has 2 aromatic carbocycles. The zero-order chi connectivity index (χ0) is 16.8. The number of halogens is 2. The van der Waals surface area contributed by atoms with Crippen molar-refractivity contribution in [3.05, 3.63) is 63.9 Å². The average molecular weight is 335 g/mol. The third kappa shape index (κ3) is 4.71. The SMILES string of the molecule is O=C(O)COc1ccc(Cl)cc1C#Cc1ccc(CO)cc1F.